The van der Waals surface area contributed by atoms with Gasteiger partial charge >= 0.3 is 0 Å². The molecule has 1 saturated heterocycles. The van der Waals surface area contributed by atoms with Gasteiger partial charge in [-0.05, 0) is 25.2 Å². The van der Waals surface area contributed by atoms with Gasteiger partial charge in [-0.1, -0.05) is 44.2 Å². The molecule has 132 valence electrons. The lowest BCUT2D eigenvalue weighted by Gasteiger charge is -2.30. The number of amides is 1. The van der Waals surface area contributed by atoms with Crippen LogP contribution < -0.4 is 5.32 Å². The van der Waals surface area contributed by atoms with Crippen molar-refractivity contribution in [3.05, 3.63) is 42.1 Å². The second-order valence-corrected chi connectivity index (χ2v) is 6.75. The molecule has 1 amide bonds. The minimum absolute atomic E-state index is 0.00526. The number of aromatic nitrogens is 2. The summed E-state index contributed by atoms with van der Waals surface area (Å²) < 4.78 is 0. The maximum Gasteiger partial charge on any atom is 0.272 e. The highest BCUT2D eigenvalue weighted by Gasteiger charge is 2.24. The summed E-state index contributed by atoms with van der Waals surface area (Å²) in [5, 5.41) is 3.29. The maximum atomic E-state index is 13.0. The zero-order valence-corrected chi connectivity index (χ0v) is 15.0. The summed E-state index contributed by atoms with van der Waals surface area (Å²) in [5.74, 6) is 1.86. The van der Waals surface area contributed by atoms with Crippen LogP contribution in [0.5, 0.6) is 0 Å². The van der Waals surface area contributed by atoms with Crippen LogP contribution in [0.2, 0.25) is 0 Å². The Bertz CT molecular complexity index is 717. The number of carbonyl (C=O) groups is 1. The Morgan fingerprint density at radius 3 is 2.80 bits per heavy atom. The molecule has 3 rings (SSSR count). The largest absolute Gasteiger partial charge is 0.370 e. The zero-order valence-electron chi connectivity index (χ0n) is 15.0. The van der Waals surface area contributed by atoms with E-state index in [9.17, 15) is 4.79 Å². The maximum absolute atomic E-state index is 13.0. The van der Waals surface area contributed by atoms with Crippen molar-refractivity contribution in [2.24, 2.45) is 5.92 Å². The fourth-order valence-corrected chi connectivity index (χ4v) is 3.15. The topological polar surface area (TPSA) is 58.1 Å². The Morgan fingerprint density at radius 1 is 1.28 bits per heavy atom. The van der Waals surface area contributed by atoms with Crippen LogP contribution in [0.1, 0.15) is 43.6 Å². The van der Waals surface area contributed by atoms with E-state index in [1.54, 1.807) is 6.07 Å². The molecule has 1 aliphatic heterocycles. The van der Waals surface area contributed by atoms with Crippen molar-refractivity contribution in [2.75, 3.05) is 25.0 Å². The molecule has 5 nitrogen and oxygen atoms in total. The average molecular weight is 338 g/mol. The van der Waals surface area contributed by atoms with Gasteiger partial charge in [0.2, 0.25) is 0 Å². The summed E-state index contributed by atoms with van der Waals surface area (Å²) in [7, 11) is 0. The molecule has 0 aliphatic carbocycles. The van der Waals surface area contributed by atoms with Crippen LogP contribution >= 0.6 is 0 Å². The third-order valence-corrected chi connectivity index (χ3v) is 4.48. The summed E-state index contributed by atoms with van der Waals surface area (Å²) in [6, 6.07) is 11.6. The summed E-state index contributed by atoms with van der Waals surface area (Å²) in [6.45, 7) is 6.74. The Labute approximate surface area is 149 Å². The fraction of sp³-hybridized carbons (Fsp3) is 0.450. The highest BCUT2D eigenvalue weighted by Crippen LogP contribution is 2.21. The SMILES string of the molecule is CCCNc1cc(C(=O)N2CCCC(C)C2)nc(-c2ccccc2)n1. The van der Waals surface area contributed by atoms with E-state index in [4.69, 9.17) is 0 Å². The van der Waals surface area contributed by atoms with E-state index in [-0.39, 0.29) is 5.91 Å². The summed E-state index contributed by atoms with van der Waals surface area (Å²) in [5.41, 5.74) is 1.39. The van der Waals surface area contributed by atoms with Gasteiger partial charge in [0.15, 0.2) is 5.82 Å². The van der Waals surface area contributed by atoms with Gasteiger partial charge in [-0.15, -0.1) is 0 Å². The molecule has 1 atom stereocenters. The minimum atomic E-state index is 0.00526. The van der Waals surface area contributed by atoms with E-state index in [1.807, 2.05) is 35.2 Å². The average Bonchev–Trinajstić information content (AvgIpc) is 2.66. The van der Waals surface area contributed by atoms with E-state index >= 15 is 0 Å². The normalized spacial score (nSPS) is 17.4. The van der Waals surface area contributed by atoms with E-state index in [0.29, 0.717) is 23.3 Å². The second-order valence-electron chi connectivity index (χ2n) is 6.75. The first-order valence-corrected chi connectivity index (χ1v) is 9.15. The molecule has 0 saturated carbocycles. The number of benzene rings is 1. The monoisotopic (exact) mass is 338 g/mol. The van der Waals surface area contributed by atoms with Crippen molar-refractivity contribution < 1.29 is 4.79 Å². The Kier molecular flexibility index (Phi) is 5.64. The molecule has 25 heavy (non-hydrogen) atoms. The van der Waals surface area contributed by atoms with Crippen LogP contribution in [-0.2, 0) is 0 Å². The van der Waals surface area contributed by atoms with Crippen LogP contribution in [0.25, 0.3) is 11.4 Å². The molecular weight excluding hydrogens is 312 g/mol. The first kappa shape index (κ1) is 17.4. The number of likely N-dealkylation sites (tertiary alicyclic amines) is 1. The molecule has 5 heteroatoms. The highest BCUT2D eigenvalue weighted by atomic mass is 16.2. The third-order valence-electron chi connectivity index (χ3n) is 4.48. The lowest BCUT2D eigenvalue weighted by Crippen LogP contribution is -2.39. The molecule has 1 unspecified atom stereocenters. The smallest absolute Gasteiger partial charge is 0.272 e. The van der Waals surface area contributed by atoms with Crippen molar-refractivity contribution >= 4 is 11.7 Å². The first-order valence-electron chi connectivity index (χ1n) is 9.15. The van der Waals surface area contributed by atoms with Gasteiger partial charge in [-0.25, -0.2) is 9.97 Å². The zero-order chi connectivity index (χ0) is 17.6. The number of piperidine rings is 1. The van der Waals surface area contributed by atoms with Gasteiger partial charge in [-0.2, -0.15) is 0 Å². The van der Waals surface area contributed by atoms with Crippen LogP contribution in [0.15, 0.2) is 36.4 Å². The Morgan fingerprint density at radius 2 is 2.08 bits per heavy atom. The van der Waals surface area contributed by atoms with Crippen LogP contribution in [0.4, 0.5) is 5.82 Å². The number of nitrogens with one attached hydrogen (secondary N) is 1. The van der Waals surface area contributed by atoms with Gasteiger partial charge in [0.05, 0.1) is 0 Å². The fourth-order valence-electron chi connectivity index (χ4n) is 3.15. The molecule has 0 radical (unpaired) electrons. The van der Waals surface area contributed by atoms with E-state index in [1.165, 1.54) is 6.42 Å². The van der Waals surface area contributed by atoms with E-state index < -0.39 is 0 Å². The number of hydrogen-bond acceptors (Lipinski definition) is 4. The standard InChI is InChI=1S/C20H26N4O/c1-3-11-21-18-13-17(20(25)24-12-7-8-15(2)14-24)22-19(23-18)16-9-5-4-6-10-16/h4-6,9-10,13,15H,3,7-8,11-12,14H2,1-2H3,(H,21,22,23). The van der Waals surface area contributed by atoms with Crippen molar-refractivity contribution in [2.45, 2.75) is 33.1 Å². The quantitative estimate of drug-likeness (QED) is 0.900. The predicted octanol–water partition coefficient (Wildman–Crippen LogP) is 3.84. The molecule has 2 heterocycles. The minimum Gasteiger partial charge on any atom is -0.370 e. The first-order chi connectivity index (χ1) is 12.2. The number of anilines is 1. The second kappa shape index (κ2) is 8.10. The van der Waals surface area contributed by atoms with Gasteiger partial charge < -0.3 is 10.2 Å². The number of hydrogen-bond donors (Lipinski definition) is 1. The van der Waals surface area contributed by atoms with Gasteiger partial charge in [0.1, 0.15) is 11.5 Å². The molecule has 1 aliphatic rings. The molecule has 0 bridgehead atoms. The van der Waals surface area contributed by atoms with Crippen molar-refractivity contribution in [3.63, 3.8) is 0 Å². The van der Waals surface area contributed by atoms with Crippen molar-refractivity contribution in [1.29, 1.82) is 0 Å². The number of carbonyl (C=O) groups excluding carboxylic acids is 1. The van der Waals surface area contributed by atoms with Gasteiger partial charge in [0, 0.05) is 31.3 Å². The molecule has 1 aromatic heterocycles. The van der Waals surface area contributed by atoms with Crippen LogP contribution in [0, 0.1) is 5.92 Å². The highest BCUT2D eigenvalue weighted by molar-refractivity contribution is 5.93. The van der Waals surface area contributed by atoms with Crippen molar-refractivity contribution in [1.82, 2.24) is 14.9 Å². The van der Waals surface area contributed by atoms with Crippen LogP contribution in [-0.4, -0.2) is 40.4 Å². The molecular formula is C20H26N4O. The molecule has 1 N–H and O–H groups in total. The third kappa shape index (κ3) is 4.35. The lowest BCUT2D eigenvalue weighted by molar-refractivity contribution is 0.0677. The summed E-state index contributed by atoms with van der Waals surface area (Å²) in [4.78, 5) is 24.0. The van der Waals surface area contributed by atoms with Gasteiger partial charge in [-0.3, -0.25) is 4.79 Å². The molecule has 1 fully saturated rings. The Hall–Kier alpha value is -2.43. The van der Waals surface area contributed by atoms with Gasteiger partial charge in [0.25, 0.3) is 5.91 Å². The number of rotatable bonds is 5. The Balaban J connectivity index is 1.92. The van der Waals surface area contributed by atoms with Crippen LogP contribution in [0.3, 0.4) is 0 Å². The summed E-state index contributed by atoms with van der Waals surface area (Å²) >= 11 is 0. The molecule has 2 aromatic rings. The van der Waals surface area contributed by atoms with Crippen molar-refractivity contribution in [3.8, 4) is 11.4 Å². The number of nitrogens with zero attached hydrogens (tertiary/aromatic N) is 3. The van der Waals surface area contributed by atoms with E-state index in [0.717, 1.165) is 38.0 Å². The molecule has 0 spiro atoms. The molecule has 1 aromatic carbocycles. The lowest BCUT2D eigenvalue weighted by atomic mass is 10.00. The predicted molar refractivity (Wildman–Crippen MR) is 101 cm³/mol. The van der Waals surface area contributed by atoms with E-state index in [2.05, 4.69) is 29.1 Å². The summed E-state index contributed by atoms with van der Waals surface area (Å²) in [6.07, 6.45) is 3.24.